The van der Waals surface area contributed by atoms with Gasteiger partial charge in [-0.05, 0) is 36.1 Å². The van der Waals surface area contributed by atoms with Crippen LogP contribution in [0.3, 0.4) is 0 Å². The van der Waals surface area contributed by atoms with Crippen molar-refractivity contribution in [3.63, 3.8) is 0 Å². The van der Waals surface area contributed by atoms with Crippen molar-refractivity contribution in [2.24, 2.45) is 0 Å². The molecule has 2 rings (SSSR count). The Bertz CT molecular complexity index is 506. The summed E-state index contributed by atoms with van der Waals surface area (Å²) in [5, 5.41) is 6.63. The standard InChI is InChI=1S/C12H12N2OS/c1-8-10(3-2-4-11(8)13)12(15)14-9-5-6-16-7-9/h2-7H,13H2,1H3,(H,14,15). The van der Waals surface area contributed by atoms with Crippen molar-refractivity contribution < 1.29 is 4.79 Å². The average Bonchev–Trinajstić information content (AvgIpc) is 2.74. The summed E-state index contributed by atoms with van der Waals surface area (Å²) >= 11 is 1.54. The van der Waals surface area contributed by atoms with Crippen LogP contribution in [-0.4, -0.2) is 5.91 Å². The van der Waals surface area contributed by atoms with Gasteiger partial charge in [-0.1, -0.05) is 6.07 Å². The Hall–Kier alpha value is -1.81. The molecule has 0 unspecified atom stereocenters. The number of carbonyl (C=O) groups is 1. The van der Waals surface area contributed by atoms with Crippen molar-refractivity contribution in [1.82, 2.24) is 0 Å². The number of nitrogen functional groups attached to an aromatic ring is 1. The number of anilines is 2. The van der Waals surface area contributed by atoms with Crippen LogP contribution in [0.15, 0.2) is 35.0 Å². The fourth-order valence-electron chi connectivity index (χ4n) is 1.43. The summed E-state index contributed by atoms with van der Waals surface area (Å²) in [6, 6.07) is 7.21. The fraction of sp³-hybridized carbons (Fsp3) is 0.0833. The number of nitrogens with one attached hydrogen (secondary N) is 1. The van der Waals surface area contributed by atoms with E-state index in [1.165, 1.54) is 0 Å². The first-order chi connectivity index (χ1) is 7.68. The predicted octanol–water partition coefficient (Wildman–Crippen LogP) is 2.89. The molecule has 0 saturated carbocycles. The Labute approximate surface area is 97.9 Å². The van der Waals surface area contributed by atoms with Gasteiger partial charge in [0.1, 0.15) is 0 Å². The van der Waals surface area contributed by atoms with E-state index >= 15 is 0 Å². The molecule has 0 aliphatic heterocycles. The van der Waals surface area contributed by atoms with Gasteiger partial charge in [0, 0.05) is 16.6 Å². The van der Waals surface area contributed by atoms with Crippen LogP contribution in [0.4, 0.5) is 11.4 Å². The van der Waals surface area contributed by atoms with E-state index in [1.54, 1.807) is 29.5 Å². The first kappa shape index (κ1) is 10.7. The van der Waals surface area contributed by atoms with E-state index in [-0.39, 0.29) is 5.91 Å². The second kappa shape index (κ2) is 4.37. The van der Waals surface area contributed by atoms with Crippen LogP contribution in [0, 0.1) is 6.92 Å². The third-order valence-corrected chi connectivity index (χ3v) is 3.08. The van der Waals surface area contributed by atoms with Crippen LogP contribution in [0.5, 0.6) is 0 Å². The molecule has 0 bridgehead atoms. The van der Waals surface area contributed by atoms with Crippen LogP contribution < -0.4 is 11.1 Å². The highest BCUT2D eigenvalue weighted by molar-refractivity contribution is 7.08. The van der Waals surface area contributed by atoms with Crippen LogP contribution in [-0.2, 0) is 0 Å². The molecule has 0 aliphatic carbocycles. The summed E-state index contributed by atoms with van der Waals surface area (Å²) in [6.45, 7) is 1.85. The summed E-state index contributed by atoms with van der Waals surface area (Å²) in [4.78, 5) is 11.9. The Kier molecular flexibility index (Phi) is 2.92. The molecule has 0 aliphatic rings. The van der Waals surface area contributed by atoms with Gasteiger partial charge in [0.25, 0.3) is 5.91 Å². The van der Waals surface area contributed by atoms with E-state index < -0.39 is 0 Å². The maximum Gasteiger partial charge on any atom is 0.256 e. The zero-order valence-corrected chi connectivity index (χ0v) is 9.67. The maximum absolute atomic E-state index is 11.9. The van der Waals surface area contributed by atoms with Gasteiger partial charge in [0.05, 0.1) is 5.69 Å². The van der Waals surface area contributed by atoms with Crippen molar-refractivity contribution in [3.05, 3.63) is 46.2 Å². The van der Waals surface area contributed by atoms with Crippen molar-refractivity contribution in [3.8, 4) is 0 Å². The molecule has 3 N–H and O–H groups in total. The largest absolute Gasteiger partial charge is 0.398 e. The second-order valence-corrected chi connectivity index (χ2v) is 4.27. The molecular weight excluding hydrogens is 220 g/mol. The van der Waals surface area contributed by atoms with E-state index in [9.17, 15) is 4.79 Å². The minimum atomic E-state index is -0.122. The molecule has 0 atom stereocenters. The number of nitrogens with two attached hydrogens (primary N) is 1. The number of thiophene rings is 1. The van der Waals surface area contributed by atoms with E-state index in [1.807, 2.05) is 23.8 Å². The molecule has 1 amide bonds. The van der Waals surface area contributed by atoms with E-state index in [0.29, 0.717) is 11.3 Å². The number of benzene rings is 1. The monoisotopic (exact) mass is 232 g/mol. The van der Waals surface area contributed by atoms with E-state index in [0.717, 1.165) is 11.3 Å². The maximum atomic E-state index is 11.9. The molecule has 0 radical (unpaired) electrons. The van der Waals surface area contributed by atoms with Crippen molar-refractivity contribution in [1.29, 1.82) is 0 Å². The highest BCUT2D eigenvalue weighted by Gasteiger charge is 2.10. The first-order valence-electron chi connectivity index (χ1n) is 4.87. The van der Waals surface area contributed by atoms with Gasteiger partial charge in [-0.15, -0.1) is 0 Å². The van der Waals surface area contributed by atoms with Crippen molar-refractivity contribution >= 4 is 28.6 Å². The number of rotatable bonds is 2. The highest BCUT2D eigenvalue weighted by Crippen LogP contribution is 2.18. The smallest absolute Gasteiger partial charge is 0.256 e. The van der Waals surface area contributed by atoms with Gasteiger partial charge in [0.2, 0.25) is 0 Å². The Morgan fingerprint density at radius 1 is 1.38 bits per heavy atom. The molecule has 1 aromatic heterocycles. The molecule has 0 saturated heterocycles. The molecule has 1 heterocycles. The number of hydrogen-bond acceptors (Lipinski definition) is 3. The predicted molar refractivity (Wildman–Crippen MR) is 67.9 cm³/mol. The molecule has 3 nitrogen and oxygen atoms in total. The lowest BCUT2D eigenvalue weighted by Crippen LogP contribution is -2.13. The topological polar surface area (TPSA) is 55.1 Å². The van der Waals surface area contributed by atoms with Gasteiger partial charge in [0.15, 0.2) is 0 Å². The lowest BCUT2D eigenvalue weighted by molar-refractivity contribution is 0.102. The summed E-state index contributed by atoms with van der Waals surface area (Å²) in [5.41, 5.74) is 8.64. The summed E-state index contributed by atoms with van der Waals surface area (Å²) < 4.78 is 0. The zero-order valence-electron chi connectivity index (χ0n) is 8.86. The Morgan fingerprint density at radius 3 is 2.88 bits per heavy atom. The molecule has 0 spiro atoms. The SMILES string of the molecule is Cc1c(N)cccc1C(=O)Nc1ccsc1. The highest BCUT2D eigenvalue weighted by atomic mass is 32.1. The molecule has 2 aromatic rings. The van der Waals surface area contributed by atoms with Crippen LogP contribution in [0.25, 0.3) is 0 Å². The molecule has 82 valence electrons. The molecular formula is C12H12N2OS. The van der Waals surface area contributed by atoms with Crippen molar-refractivity contribution in [2.75, 3.05) is 11.1 Å². The molecule has 16 heavy (non-hydrogen) atoms. The number of hydrogen-bond donors (Lipinski definition) is 2. The van der Waals surface area contributed by atoms with Gasteiger partial charge < -0.3 is 11.1 Å². The van der Waals surface area contributed by atoms with Gasteiger partial charge in [-0.25, -0.2) is 0 Å². The molecule has 0 fully saturated rings. The van der Waals surface area contributed by atoms with Gasteiger partial charge in [-0.3, -0.25) is 4.79 Å². The zero-order chi connectivity index (χ0) is 11.5. The third-order valence-electron chi connectivity index (χ3n) is 2.40. The number of carbonyl (C=O) groups excluding carboxylic acids is 1. The number of amides is 1. The normalized spacial score (nSPS) is 10.1. The lowest BCUT2D eigenvalue weighted by Gasteiger charge is -2.07. The summed E-state index contributed by atoms with van der Waals surface area (Å²) in [5.74, 6) is -0.122. The van der Waals surface area contributed by atoms with Crippen LogP contribution in [0.1, 0.15) is 15.9 Å². The first-order valence-corrected chi connectivity index (χ1v) is 5.81. The van der Waals surface area contributed by atoms with Gasteiger partial charge >= 0.3 is 0 Å². The minimum Gasteiger partial charge on any atom is -0.398 e. The second-order valence-electron chi connectivity index (χ2n) is 3.49. The Morgan fingerprint density at radius 2 is 2.19 bits per heavy atom. The minimum absolute atomic E-state index is 0.122. The molecule has 1 aromatic carbocycles. The van der Waals surface area contributed by atoms with Gasteiger partial charge in [-0.2, -0.15) is 11.3 Å². The third kappa shape index (κ3) is 2.06. The molecule has 4 heteroatoms. The quantitative estimate of drug-likeness (QED) is 0.782. The fourth-order valence-corrected chi connectivity index (χ4v) is 2.02. The van der Waals surface area contributed by atoms with E-state index in [4.69, 9.17) is 5.73 Å². The summed E-state index contributed by atoms with van der Waals surface area (Å²) in [6.07, 6.45) is 0. The van der Waals surface area contributed by atoms with Crippen molar-refractivity contribution in [2.45, 2.75) is 6.92 Å². The Balaban J connectivity index is 2.24. The van der Waals surface area contributed by atoms with Crippen LogP contribution >= 0.6 is 11.3 Å². The lowest BCUT2D eigenvalue weighted by atomic mass is 10.1. The van der Waals surface area contributed by atoms with E-state index in [2.05, 4.69) is 5.32 Å². The average molecular weight is 232 g/mol. The van der Waals surface area contributed by atoms with Crippen LogP contribution in [0.2, 0.25) is 0 Å². The summed E-state index contributed by atoms with van der Waals surface area (Å²) in [7, 11) is 0.